The molecule has 3 atom stereocenters. The van der Waals surface area contributed by atoms with Crippen molar-refractivity contribution in [1.82, 2.24) is 20.0 Å². The van der Waals surface area contributed by atoms with Gasteiger partial charge in [-0.15, -0.1) is 0 Å². The highest BCUT2D eigenvalue weighted by Crippen LogP contribution is 2.33. The third kappa shape index (κ3) is 4.57. The largest absolute Gasteiger partial charge is 0.337 e. The van der Waals surface area contributed by atoms with Crippen LogP contribution in [-0.2, 0) is 9.59 Å². The number of halogens is 2. The van der Waals surface area contributed by atoms with Crippen LogP contribution < -0.4 is 10.6 Å². The van der Waals surface area contributed by atoms with E-state index in [1.54, 1.807) is 40.1 Å². The van der Waals surface area contributed by atoms with Crippen molar-refractivity contribution < 1.29 is 18.8 Å². The van der Waals surface area contributed by atoms with Gasteiger partial charge in [0.25, 0.3) is 5.91 Å². The molecule has 0 bridgehead atoms. The summed E-state index contributed by atoms with van der Waals surface area (Å²) >= 11 is 5.90. The number of nitrogens with one attached hydrogen (secondary N) is 2. The van der Waals surface area contributed by atoms with Gasteiger partial charge in [0.15, 0.2) is 0 Å². The Labute approximate surface area is 226 Å². The van der Waals surface area contributed by atoms with E-state index < -0.39 is 11.9 Å². The number of amides is 3. The molecule has 6 rings (SSSR count). The molecule has 8 nitrogen and oxygen atoms in total. The summed E-state index contributed by atoms with van der Waals surface area (Å²) in [5.41, 5.74) is 1.53. The molecule has 3 fully saturated rings. The van der Waals surface area contributed by atoms with Crippen LogP contribution in [0.5, 0.6) is 0 Å². The third-order valence-electron chi connectivity index (χ3n) is 8.32. The highest BCUT2D eigenvalue weighted by Gasteiger charge is 2.44. The van der Waals surface area contributed by atoms with E-state index >= 15 is 0 Å². The molecule has 3 unspecified atom stereocenters. The molecular formula is C28H31ClFN5O3. The standard InChI is InChI=1S/C28H31ClFN5O3/c29-18-6-7-20(22(30)14-18)17-5-8-23-21(13-17)27(37)35-12-11-33(16-25(35)26(36)32-23)28(38)24-4-2-10-34(24)19-3-1-9-31-15-19/h5-8,13-14,19,24-25,31H,1-4,9-12,15-16H2,(H,32,36). The summed E-state index contributed by atoms with van der Waals surface area (Å²) in [6, 6.07) is 8.71. The maximum atomic E-state index is 14.6. The zero-order valence-corrected chi connectivity index (χ0v) is 21.8. The van der Waals surface area contributed by atoms with Crippen LogP contribution in [0.4, 0.5) is 10.1 Å². The third-order valence-corrected chi connectivity index (χ3v) is 8.56. The Morgan fingerprint density at radius 2 is 1.87 bits per heavy atom. The second kappa shape index (κ2) is 10.3. The summed E-state index contributed by atoms with van der Waals surface area (Å²) in [4.78, 5) is 46.2. The van der Waals surface area contributed by atoms with Crippen LogP contribution in [0.2, 0.25) is 5.02 Å². The number of anilines is 1. The molecule has 2 N–H and O–H groups in total. The van der Waals surface area contributed by atoms with Crippen molar-refractivity contribution in [2.75, 3.05) is 44.6 Å². The van der Waals surface area contributed by atoms with E-state index in [1.807, 2.05) is 0 Å². The summed E-state index contributed by atoms with van der Waals surface area (Å²) in [6.07, 6.45) is 4.00. The van der Waals surface area contributed by atoms with E-state index in [4.69, 9.17) is 11.6 Å². The molecule has 200 valence electrons. The van der Waals surface area contributed by atoms with Gasteiger partial charge in [-0.25, -0.2) is 4.39 Å². The zero-order valence-electron chi connectivity index (χ0n) is 21.1. The Balaban J connectivity index is 1.21. The first-order valence-electron chi connectivity index (χ1n) is 13.4. The molecule has 4 heterocycles. The first-order chi connectivity index (χ1) is 18.4. The Kier molecular flexibility index (Phi) is 6.84. The van der Waals surface area contributed by atoms with Crippen LogP contribution in [0.25, 0.3) is 11.1 Å². The summed E-state index contributed by atoms with van der Waals surface area (Å²) in [7, 11) is 0. The number of carbonyl (C=O) groups excluding carboxylic acids is 3. The van der Waals surface area contributed by atoms with Crippen LogP contribution in [0.15, 0.2) is 36.4 Å². The van der Waals surface area contributed by atoms with Crippen molar-refractivity contribution in [1.29, 1.82) is 0 Å². The Morgan fingerprint density at radius 3 is 2.66 bits per heavy atom. The molecule has 2 aromatic rings. The topological polar surface area (TPSA) is 85.0 Å². The average Bonchev–Trinajstić information content (AvgIpc) is 3.39. The number of hydrogen-bond donors (Lipinski definition) is 2. The van der Waals surface area contributed by atoms with Crippen molar-refractivity contribution in [2.24, 2.45) is 0 Å². The van der Waals surface area contributed by atoms with Gasteiger partial charge in [0.05, 0.1) is 23.8 Å². The van der Waals surface area contributed by atoms with E-state index in [-0.39, 0.29) is 41.9 Å². The van der Waals surface area contributed by atoms with Gasteiger partial charge in [0.1, 0.15) is 11.9 Å². The number of piperazine rings is 1. The van der Waals surface area contributed by atoms with Gasteiger partial charge in [0.2, 0.25) is 11.8 Å². The number of hydrogen-bond acceptors (Lipinski definition) is 5. The fraction of sp³-hybridized carbons (Fsp3) is 0.464. The molecule has 0 saturated carbocycles. The quantitative estimate of drug-likeness (QED) is 0.626. The molecule has 0 radical (unpaired) electrons. The van der Waals surface area contributed by atoms with Crippen molar-refractivity contribution in [3.63, 3.8) is 0 Å². The second-order valence-corrected chi connectivity index (χ2v) is 11.0. The number of carbonyl (C=O) groups is 3. The number of fused-ring (bicyclic) bond motifs is 2. The fourth-order valence-electron chi connectivity index (χ4n) is 6.36. The number of nitrogens with zero attached hydrogens (tertiary/aromatic N) is 3. The molecule has 4 aliphatic rings. The van der Waals surface area contributed by atoms with Crippen molar-refractivity contribution in [2.45, 2.75) is 43.8 Å². The minimum absolute atomic E-state index is 0.0511. The number of benzene rings is 2. The van der Waals surface area contributed by atoms with Gasteiger partial charge in [0, 0.05) is 36.3 Å². The normalized spacial score (nSPS) is 26.0. The summed E-state index contributed by atoms with van der Waals surface area (Å²) in [5.74, 6) is -1.06. The van der Waals surface area contributed by atoms with E-state index in [1.165, 1.54) is 6.07 Å². The lowest BCUT2D eigenvalue weighted by atomic mass is 10.0. The summed E-state index contributed by atoms with van der Waals surface area (Å²) in [6.45, 7) is 3.64. The highest BCUT2D eigenvalue weighted by molar-refractivity contribution is 6.30. The van der Waals surface area contributed by atoms with E-state index in [2.05, 4.69) is 15.5 Å². The van der Waals surface area contributed by atoms with Gasteiger partial charge >= 0.3 is 0 Å². The van der Waals surface area contributed by atoms with Crippen LogP contribution in [0, 0.1) is 5.82 Å². The average molecular weight is 540 g/mol. The van der Waals surface area contributed by atoms with E-state index in [0.29, 0.717) is 35.0 Å². The molecule has 4 aliphatic heterocycles. The van der Waals surface area contributed by atoms with Gasteiger partial charge in [-0.3, -0.25) is 19.3 Å². The van der Waals surface area contributed by atoms with Gasteiger partial charge in [-0.05, 0) is 74.7 Å². The molecule has 3 saturated heterocycles. The zero-order chi connectivity index (χ0) is 26.4. The number of rotatable bonds is 3. The second-order valence-electron chi connectivity index (χ2n) is 10.6. The summed E-state index contributed by atoms with van der Waals surface area (Å²) < 4.78 is 14.6. The predicted octanol–water partition coefficient (Wildman–Crippen LogP) is 2.97. The fourth-order valence-corrected chi connectivity index (χ4v) is 6.52. The Morgan fingerprint density at radius 1 is 1.00 bits per heavy atom. The monoisotopic (exact) mass is 539 g/mol. The first kappa shape index (κ1) is 25.3. The molecule has 0 aromatic heterocycles. The van der Waals surface area contributed by atoms with Crippen molar-refractivity contribution in [3.05, 3.63) is 52.8 Å². The molecular weight excluding hydrogens is 509 g/mol. The van der Waals surface area contributed by atoms with Crippen LogP contribution in [-0.4, -0.2) is 89.8 Å². The van der Waals surface area contributed by atoms with Gasteiger partial charge in [-0.1, -0.05) is 17.7 Å². The van der Waals surface area contributed by atoms with E-state index in [0.717, 1.165) is 45.3 Å². The lowest BCUT2D eigenvalue weighted by Crippen LogP contribution is -2.62. The minimum atomic E-state index is -0.783. The van der Waals surface area contributed by atoms with Crippen LogP contribution in [0.1, 0.15) is 36.0 Å². The lowest BCUT2D eigenvalue weighted by molar-refractivity contribution is -0.140. The first-order valence-corrected chi connectivity index (χ1v) is 13.7. The SMILES string of the molecule is O=C1Nc2ccc(-c3ccc(Cl)cc3F)cc2C(=O)N2CCN(C(=O)C3CCCN3C3CCCNC3)CC12. The maximum Gasteiger partial charge on any atom is 0.256 e. The van der Waals surface area contributed by atoms with Crippen molar-refractivity contribution >= 4 is 35.0 Å². The van der Waals surface area contributed by atoms with Crippen LogP contribution >= 0.6 is 11.6 Å². The lowest BCUT2D eigenvalue weighted by Gasteiger charge is -2.42. The molecule has 0 spiro atoms. The molecule has 2 aromatic carbocycles. The summed E-state index contributed by atoms with van der Waals surface area (Å²) in [5, 5.41) is 6.60. The Bertz CT molecular complexity index is 1280. The molecule has 0 aliphatic carbocycles. The molecule has 10 heteroatoms. The van der Waals surface area contributed by atoms with Crippen molar-refractivity contribution in [3.8, 4) is 11.1 Å². The minimum Gasteiger partial charge on any atom is -0.337 e. The van der Waals surface area contributed by atoms with Gasteiger partial charge in [-0.2, -0.15) is 0 Å². The number of piperidine rings is 1. The number of likely N-dealkylation sites (tertiary alicyclic amines) is 1. The van der Waals surface area contributed by atoms with Gasteiger partial charge < -0.3 is 20.4 Å². The van der Waals surface area contributed by atoms with E-state index in [9.17, 15) is 18.8 Å². The maximum absolute atomic E-state index is 14.6. The molecule has 38 heavy (non-hydrogen) atoms. The highest BCUT2D eigenvalue weighted by atomic mass is 35.5. The predicted molar refractivity (Wildman–Crippen MR) is 142 cm³/mol. The Hall–Kier alpha value is -3.01. The smallest absolute Gasteiger partial charge is 0.256 e. The molecule has 3 amide bonds. The van der Waals surface area contributed by atoms with Crippen LogP contribution in [0.3, 0.4) is 0 Å².